The first-order chi connectivity index (χ1) is 7.15. The van der Waals surface area contributed by atoms with Crippen LogP contribution in [0.25, 0.3) is 0 Å². The van der Waals surface area contributed by atoms with E-state index in [0.717, 1.165) is 24.8 Å². The number of amides is 1. The van der Waals surface area contributed by atoms with Gasteiger partial charge in [-0.25, -0.2) is 0 Å². The van der Waals surface area contributed by atoms with Gasteiger partial charge in [0, 0.05) is 18.7 Å². The second kappa shape index (κ2) is 5.75. The molecule has 1 fully saturated rings. The molecule has 6 heteroatoms. The Morgan fingerprint density at radius 1 is 1.73 bits per heavy atom. The Kier molecular flexibility index (Phi) is 4.61. The molecule has 0 N–H and O–H groups in total. The Morgan fingerprint density at radius 3 is 3.07 bits per heavy atom. The van der Waals surface area contributed by atoms with Gasteiger partial charge in [-0.3, -0.25) is 14.9 Å². The SMILES string of the molecule is CCCC(=O)N1CCCS/C1=C\[N+](=O)[O-]. The molecule has 0 spiro atoms. The summed E-state index contributed by atoms with van der Waals surface area (Å²) in [5.74, 6) is 0.827. The zero-order valence-corrected chi connectivity index (χ0v) is 9.46. The lowest BCUT2D eigenvalue weighted by Gasteiger charge is -2.27. The lowest BCUT2D eigenvalue weighted by Crippen LogP contribution is -2.33. The minimum Gasteiger partial charge on any atom is -0.302 e. The normalized spacial score (nSPS) is 19.3. The number of nitro groups is 1. The van der Waals surface area contributed by atoms with Crippen LogP contribution in [0.4, 0.5) is 0 Å². The van der Waals surface area contributed by atoms with Gasteiger partial charge in [-0.15, -0.1) is 11.8 Å². The van der Waals surface area contributed by atoms with Gasteiger partial charge < -0.3 is 4.90 Å². The van der Waals surface area contributed by atoms with Crippen molar-refractivity contribution < 1.29 is 9.72 Å². The van der Waals surface area contributed by atoms with E-state index in [2.05, 4.69) is 0 Å². The third-order valence-corrected chi connectivity index (χ3v) is 3.14. The van der Waals surface area contributed by atoms with E-state index in [-0.39, 0.29) is 5.91 Å². The highest BCUT2D eigenvalue weighted by Gasteiger charge is 2.23. The second-order valence-electron chi connectivity index (χ2n) is 3.25. The first-order valence-electron chi connectivity index (χ1n) is 4.93. The smallest absolute Gasteiger partial charge is 0.264 e. The monoisotopic (exact) mass is 230 g/mol. The molecule has 1 aliphatic heterocycles. The van der Waals surface area contributed by atoms with Crippen LogP contribution in [0.1, 0.15) is 26.2 Å². The van der Waals surface area contributed by atoms with Crippen molar-refractivity contribution in [2.75, 3.05) is 12.3 Å². The molecule has 1 aliphatic rings. The number of hydrogen-bond donors (Lipinski definition) is 0. The Morgan fingerprint density at radius 2 is 2.47 bits per heavy atom. The largest absolute Gasteiger partial charge is 0.302 e. The standard InChI is InChI=1S/C9H14N2O3S/c1-2-4-8(12)10-5-3-6-15-9(10)7-11(13)14/h7H,2-6H2,1H3/b9-7-. The molecular formula is C9H14N2O3S. The maximum absolute atomic E-state index is 11.6. The van der Waals surface area contributed by atoms with E-state index >= 15 is 0 Å². The molecule has 0 aromatic heterocycles. The average molecular weight is 230 g/mol. The molecule has 5 nitrogen and oxygen atoms in total. The van der Waals surface area contributed by atoms with Gasteiger partial charge in [-0.1, -0.05) is 6.92 Å². The average Bonchev–Trinajstić information content (AvgIpc) is 2.18. The van der Waals surface area contributed by atoms with E-state index in [1.165, 1.54) is 16.7 Å². The van der Waals surface area contributed by atoms with Crippen molar-refractivity contribution in [2.24, 2.45) is 0 Å². The number of hydrogen-bond acceptors (Lipinski definition) is 4. The maximum Gasteiger partial charge on any atom is 0.264 e. The van der Waals surface area contributed by atoms with E-state index in [4.69, 9.17) is 0 Å². The first kappa shape index (κ1) is 12.0. The molecule has 0 bridgehead atoms. The van der Waals surface area contributed by atoms with Gasteiger partial charge in [0.2, 0.25) is 5.91 Å². The summed E-state index contributed by atoms with van der Waals surface area (Å²) in [5, 5.41) is 10.8. The molecule has 1 amide bonds. The molecule has 0 aromatic rings. The van der Waals surface area contributed by atoms with Crippen molar-refractivity contribution in [1.82, 2.24) is 4.90 Å². The van der Waals surface area contributed by atoms with Crippen LogP contribution in [-0.4, -0.2) is 28.0 Å². The van der Waals surface area contributed by atoms with Crippen LogP contribution in [0.15, 0.2) is 11.2 Å². The Hall–Kier alpha value is -1.04. The van der Waals surface area contributed by atoms with Crippen molar-refractivity contribution in [1.29, 1.82) is 0 Å². The number of nitrogens with zero attached hydrogens (tertiary/aromatic N) is 2. The number of thioether (sulfide) groups is 1. The molecule has 1 rings (SSSR count). The van der Waals surface area contributed by atoms with Crippen LogP contribution in [0.3, 0.4) is 0 Å². The molecule has 15 heavy (non-hydrogen) atoms. The second-order valence-corrected chi connectivity index (χ2v) is 4.37. The van der Waals surface area contributed by atoms with E-state index < -0.39 is 4.92 Å². The van der Waals surface area contributed by atoms with Crippen LogP contribution in [0, 0.1) is 10.1 Å². The summed E-state index contributed by atoms with van der Waals surface area (Å²) >= 11 is 1.38. The highest BCUT2D eigenvalue weighted by Crippen LogP contribution is 2.27. The fraction of sp³-hybridized carbons (Fsp3) is 0.667. The summed E-state index contributed by atoms with van der Waals surface area (Å²) in [6.45, 7) is 2.53. The fourth-order valence-electron chi connectivity index (χ4n) is 1.38. The molecule has 0 radical (unpaired) electrons. The van der Waals surface area contributed by atoms with Gasteiger partial charge in [0.05, 0.1) is 4.92 Å². The molecule has 0 aromatic carbocycles. The van der Waals surface area contributed by atoms with Crippen LogP contribution in [-0.2, 0) is 4.79 Å². The maximum atomic E-state index is 11.6. The number of carbonyl (C=O) groups excluding carboxylic acids is 1. The van der Waals surface area contributed by atoms with Gasteiger partial charge in [-0.2, -0.15) is 0 Å². The predicted molar refractivity (Wildman–Crippen MR) is 58.8 cm³/mol. The summed E-state index contributed by atoms with van der Waals surface area (Å²) < 4.78 is 0. The Bertz CT molecular complexity index is 291. The third-order valence-electron chi connectivity index (χ3n) is 2.02. The molecule has 0 unspecified atom stereocenters. The zero-order chi connectivity index (χ0) is 11.3. The van der Waals surface area contributed by atoms with E-state index in [1.807, 2.05) is 6.92 Å². The zero-order valence-electron chi connectivity index (χ0n) is 8.64. The lowest BCUT2D eigenvalue weighted by molar-refractivity contribution is -0.403. The summed E-state index contributed by atoms with van der Waals surface area (Å²) in [7, 11) is 0. The topological polar surface area (TPSA) is 63.5 Å². The van der Waals surface area contributed by atoms with E-state index in [9.17, 15) is 14.9 Å². The summed E-state index contributed by atoms with van der Waals surface area (Å²) in [6.07, 6.45) is 3.05. The molecule has 1 heterocycles. The van der Waals surface area contributed by atoms with Crippen molar-refractivity contribution in [2.45, 2.75) is 26.2 Å². The molecule has 0 saturated carbocycles. The van der Waals surface area contributed by atoms with Crippen molar-refractivity contribution >= 4 is 17.7 Å². The molecule has 0 aliphatic carbocycles. The van der Waals surface area contributed by atoms with E-state index in [0.29, 0.717) is 18.0 Å². The third kappa shape index (κ3) is 3.54. The van der Waals surface area contributed by atoms with E-state index in [1.54, 1.807) is 0 Å². The first-order valence-corrected chi connectivity index (χ1v) is 5.92. The van der Waals surface area contributed by atoms with Crippen LogP contribution >= 0.6 is 11.8 Å². The molecule has 84 valence electrons. The van der Waals surface area contributed by atoms with Gasteiger partial charge in [0.25, 0.3) is 6.20 Å². The van der Waals surface area contributed by atoms with Crippen LogP contribution < -0.4 is 0 Å². The minimum absolute atomic E-state index is 0.0159. The highest BCUT2D eigenvalue weighted by atomic mass is 32.2. The summed E-state index contributed by atoms with van der Waals surface area (Å²) in [6, 6.07) is 0. The molecule has 1 saturated heterocycles. The quantitative estimate of drug-likeness (QED) is 0.548. The van der Waals surface area contributed by atoms with Crippen molar-refractivity contribution in [3.63, 3.8) is 0 Å². The predicted octanol–water partition coefficient (Wildman–Crippen LogP) is 1.83. The fourth-order valence-corrected chi connectivity index (χ4v) is 2.37. The molecule has 0 atom stereocenters. The Labute approximate surface area is 92.7 Å². The van der Waals surface area contributed by atoms with Gasteiger partial charge >= 0.3 is 0 Å². The number of rotatable bonds is 3. The lowest BCUT2D eigenvalue weighted by atomic mass is 10.3. The minimum atomic E-state index is -0.500. The van der Waals surface area contributed by atoms with Crippen molar-refractivity contribution in [3.8, 4) is 0 Å². The van der Waals surface area contributed by atoms with Crippen LogP contribution in [0.2, 0.25) is 0 Å². The highest BCUT2D eigenvalue weighted by molar-refractivity contribution is 8.03. The van der Waals surface area contributed by atoms with Gasteiger partial charge in [0.15, 0.2) is 0 Å². The summed E-state index contributed by atoms with van der Waals surface area (Å²) in [4.78, 5) is 23.0. The van der Waals surface area contributed by atoms with Crippen LogP contribution in [0.5, 0.6) is 0 Å². The van der Waals surface area contributed by atoms with Gasteiger partial charge in [-0.05, 0) is 12.8 Å². The van der Waals surface area contributed by atoms with Gasteiger partial charge in [0.1, 0.15) is 5.03 Å². The summed E-state index contributed by atoms with van der Waals surface area (Å²) in [5.41, 5.74) is 0. The Balaban J connectivity index is 2.73. The number of carbonyl (C=O) groups is 1. The van der Waals surface area contributed by atoms with Crippen molar-refractivity contribution in [3.05, 3.63) is 21.3 Å². The molecular weight excluding hydrogens is 216 g/mol.